The maximum atomic E-state index is 14.0. The monoisotopic (exact) mass is 436 g/mol. The third kappa shape index (κ3) is 3.72. The van der Waals surface area contributed by atoms with Gasteiger partial charge in [0.15, 0.2) is 0 Å². The molecule has 1 aromatic carbocycles. The number of nitrogens with one attached hydrogen (secondary N) is 1. The van der Waals surface area contributed by atoms with Crippen molar-refractivity contribution in [1.29, 1.82) is 0 Å². The number of fused-ring (bicyclic) bond motifs is 1. The summed E-state index contributed by atoms with van der Waals surface area (Å²) in [6.45, 7) is 8.99. The number of benzene rings is 1. The predicted molar refractivity (Wildman–Crippen MR) is 114 cm³/mol. The molecule has 0 saturated carbocycles. The first-order valence-electron chi connectivity index (χ1n) is 9.34. The summed E-state index contributed by atoms with van der Waals surface area (Å²) in [6.07, 6.45) is 2.18. The highest BCUT2D eigenvalue weighted by atomic mass is 19.1. The number of halogens is 3. The van der Waals surface area contributed by atoms with Crippen molar-refractivity contribution in [2.45, 2.75) is 13.0 Å². The number of nitrogens with zero attached hydrogens (tertiary/aromatic N) is 4. The number of hydrogen-bond acceptors (Lipinski definition) is 5. The highest BCUT2D eigenvalue weighted by Crippen LogP contribution is 2.33. The zero-order valence-electron chi connectivity index (χ0n) is 16.6. The summed E-state index contributed by atoms with van der Waals surface area (Å²) >= 11 is 0. The van der Waals surface area contributed by atoms with Gasteiger partial charge in [0.1, 0.15) is 35.4 Å². The van der Waals surface area contributed by atoms with Gasteiger partial charge in [0, 0.05) is 23.8 Å². The van der Waals surface area contributed by atoms with E-state index in [0.29, 0.717) is 17.1 Å². The van der Waals surface area contributed by atoms with Crippen molar-refractivity contribution in [3.05, 3.63) is 93.7 Å². The van der Waals surface area contributed by atoms with E-state index in [1.54, 1.807) is 13.0 Å². The lowest BCUT2D eigenvalue weighted by Gasteiger charge is -2.20. The van der Waals surface area contributed by atoms with Gasteiger partial charge in [0.25, 0.3) is 11.2 Å². The molecule has 0 spiro atoms. The molecule has 0 aliphatic heterocycles. The Morgan fingerprint density at radius 3 is 2.50 bits per heavy atom. The molecule has 3 heterocycles. The number of nitrogen functional groups attached to an aromatic ring is 1. The van der Waals surface area contributed by atoms with Crippen molar-refractivity contribution in [1.82, 2.24) is 14.4 Å². The SMILES string of the molecule is [C-]#[N+]c1c(N)ncnc1N[C@@H](C)c1cc2ccc(F)cn2c(=O)c1-c1cc(F)cc(F)c1. The Labute approximate surface area is 179 Å². The van der Waals surface area contributed by atoms with Crippen LogP contribution in [0, 0.1) is 24.0 Å². The Bertz CT molecular complexity index is 1440. The first-order chi connectivity index (χ1) is 15.3. The van der Waals surface area contributed by atoms with Crippen LogP contribution in [-0.2, 0) is 0 Å². The Kier molecular flexibility index (Phi) is 5.24. The zero-order valence-corrected chi connectivity index (χ0v) is 16.6. The van der Waals surface area contributed by atoms with Crippen LogP contribution in [-0.4, -0.2) is 14.4 Å². The quantitative estimate of drug-likeness (QED) is 0.461. The van der Waals surface area contributed by atoms with Crippen LogP contribution in [0.3, 0.4) is 0 Å². The smallest absolute Gasteiger partial charge is 0.268 e. The van der Waals surface area contributed by atoms with E-state index in [1.165, 1.54) is 18.5 Å². The van der Waals surface area contributed by atoms with Crippen LogP contribution in [0.25, 0.3) is 21.5 Å². The fourth-order valence-corrected chi connectivity index (χ4v) is 3.48. The van der Waals surface area contributed by atoms with E-state index in [2.05, 4.69) is 20.1 Å². The molecule has 0 saturated heterocycles. The Morgan fingerprint density at radius 1 is 1.09 bits per heavy atom. The van der Waals surface area contributed by atoms with Gasteiger partial charge < -0.3 is 11.1 Å². The van der Waals surface area contributed by atoms with Gasteiger partial charge in [-0.2, -0.15) is 0 Å². The molecule has 0 unspecified atom stereocenters. The molecule has 3 N–H and O–H groups in total. The average molecular weight is 436 g/mol. The number of anilines is 2. The van der Waals surface area contributed by atoms with Crippen molar-refractivity contribution in [3.8, 4) is 11.1 Å². The molecule has 3 aromatic heterocycles. The summed E-state index contributed by atoms with van der Waals surface area (Å²) in [4.78, 5) is 24.4. The molecule has 4 rings (SSSR count). The Balaban J connectivity index is 1.96. The molecule has 0 amide bonds. The summed E-state index contributed by atoms with van der Waals surface area (Å²) in [7, 11) is 0. The summed E-state index contributed by atoms with van der Waals surface area (Å²) < 4.78 is 42.8. The van der Waals surface area contributed by atoms with E-state index in [1.807, 2.05) is 0 Å². The van der Waals surface area contributed by atoms with Crippen LogP contribution < -0.4 is 16.6 Å². The molecule has 7 nitrogen and oxygen atoms in total. The number of hydrogen-bond donors (Lipinski definition) is 2. The fraction of sp³-hybridized carbons (Fsp3) is 0.0909. The Hall–Kier alpha value is -4.39. The van der Waals surface area contributed by atoms with Crippen LogP contribution in [0.15, 0.2) is 53.7 Å². The van der Waals surface area contributed by atoms with Crippen molar-refractivity contribution >= 4 is 22.8 Å². The normalized spacial score (nSPS) is 11.8. The maximum Gasteiger partial charge on any atom is 0.268 e. The molecule has 0 bridgehead atoms. The fourth-order valence-electron chi connectivity index (χ4n) is 3.48. The first-order valence-corrected chi connectivity index (χ1v) is 9.34. The zero-order chi connectivity index (χ0) is 23.0. The van der Waals surface area contributed by atoms with Gasteiger partial charge in [-0.25, -0.2) is 28.0 Å². The second kappa shape index (κ2) is 8.03. The van der Waals surface area contributed by atoms with E-state index >= 15 is 0 Å². The number of rotatable bonds is 4. The maximum absolute atomic E-state index is 14.0. The van der Waals surface area contributed by atoms with Gasteiger partial charge in [-0.15, -0.1) is 0 Å². The van der Waals surface area contributed by atoms with Gasteiger partial charge >= 0.3 is 0 Å². The van der Waals surface area contributed by atoms with Crippen LogP contribution in [0.5, 0.6) is 0 Å². The highest BCUT2D eigenvalue weighted by molar-refractivity contribution is 5.77. The third-order valence-corrected chi connectivity index (χ3v) is 4.90. The first kappa shape index (κ1) is 20.9. The van der Waals surface area contributed by atoms with Crippen LogP contribution in [0.4, 0.5) is 30.5 Å². The molecule has 4 aromatic rings. The molecular weight excluding hydrogens is 421 g/mol. The van der Waals surface area contributed by atoms with E-state index in [4.69, 9.17) is 12.3 Å². The van der Waals surface area contributed by atoms with E-state index in [9.17, 15) is 18.0 Å². The van der Waals surface area contributed by atoms with Gasteiger partial charge in [0.05, 0.1) is 12.1 Å². The average Bonchev–Trinajstić information content (AvgIpc) is 2.73. The summed E-state index contributed by atoms with van der Waals surface area (Å²) in [6, 6.07) is 6.28. The second-order valence-electron chi connectivity index (χ2n) is 7.01. The van der Waals surface area contributed by atoms with Crippen molar-refractivity contribution in [2.75, 3.05) is 11.1 Å². The number of nitrogens with two attached hydrogens (primary N) is 1. The lowest BCUT2D eigenvalue weighted by atomic mass is 9.96. The highest BCUT2D eigenvalue weighted by Gasteiger charge is 2.21. The number of aromatic nitrogens is 3. The Morgan fingerprint density at radius 2 is 1.81 bits per heavy atom. The molecule has 0 fully saturated rings. The standard InChI is InChI=1S/C22H15F3N6O/c1-11(30-21-19(27-2)20(26)28-10-29-21)17-8-16-4-3-13(23)9-31(16)22(32)18(17)12-5-14(24)7-15(25)6-12/h3-11H,1H3,(H3,26,28,29,30)/t11-/m0/s1. The molecule has 0 radical (unpaired) electrons. The van der Waals surface area contributed by atoms with Crippen LogP contribution >= 0.6 is 0 Å². The van der Waals surface area contributed by atoms with Crippen LogP contribution in [0.1, 0.15) is 18.5 Å². The molecular formula is C22H15F3N6O. The van der Waals surface area contributed by atoms with Gasteiger partial charge in [-0.1, -0.05) is 0 Å². The van der Waals surface area contributed by atoms with E-state index < -0.39 is 29.1 Å². The molecule has 1 atom stereocenters. The minimum absolute atomic E-state index is 0.00252. The van der Waals surface area contributed by atoms with E-state index in [-0.39, 0.29) is 28.5 Å². The van der Waals surface area contributed by atoms with Crippen LogP contribution in [0.2, 0.25) is 0 Å². The van der Waals surface area contributed by atoms with Gasteiger partial charge in [0.2, 0.25) is 0 Å². The van der Waals surface area contributed by atoms with Gasteiger partial charge in [-0.3, -0.25) is 9.20 Å². The predicted octanol–water partition coefficient (Wildman–Crippen LogP) is 4.48. The summed E-state index contributed by atoms with van der Waals surface area (Å²) in [5.74, 6) is -2.27. The minimum atomic E-state index is -0.867. The molecule has 0 aliphatic carbocycles. The topological polar surface area (TPSA) is 89.7 Å². The van der Waals surface area contributed by atoms with Gasteiger partial charge in [-0.05, 0) is 48.4 Å². The lowest BCUT2D eigenvalue weighted by Crippen LogP contribution is -2.21. The third-order valence-electron chi connectivity index (χ3n) is 4.90. The summed E-state index contributed by atoms with van der Waals surface area (Å²) in [5.41, 5.74) is 5.76. The molecule has 32 heavy (non-hydrogen) atoms. The van der Waals surface area contributed by atoms with Crippen molar-refractivity contribution < 1.29 is 13.2 Å². The van der Waals surface area contributed by atoms with E-state index in [0.717, 1.165) is 22.7 Å². The second-order valence-corrected chi connectivity index (χ2v) is 7.01. The van der Waals surface area contributed by atoms with Crippen molar-refractivity contribution in [2.24, 2.45) is 0 Å². The molecule has 10 heteroatoms. The number of pyridine rings is 2. The summed E-state index contributed by atoms with van der Waals surface area (Å²) in [5, 5.41) is 3.01. The lowest BCUT2D eigenvalue weighted by molar-refractivity contribution is 0.584. The minimum Gasteiger partial charge on any atom is -0.392 e. The molecule has 0 aliphatic rings. The molecule has 160 valence electrons. The largest absolute Gasteiger partial charge is 0.392 e. The van der Waals surface area contributed by atoms with Crippen molar-refractivity contribution in [3.63, 3.8) is 0 Å².